The Bertz CT molecular complexity index is 872. The number of nitrogens with zero attached hydrogens (tertiary/aromatic N) is 2. The number of esters is 2. The van der Waals surface area contributed by atoms with Crippen molar-refractivity contribution in [3.8, 4) is 0 Å². The molecule has 0 unspecified atom stereocenters. The first-order valence-electron chi connectivity index (χ1n) is 9.74. The van der Waals surface area contributed by atoms with E-state index in [-0.39, 0.29) is 30.2 Å². The summed E-state index contributed by atoms with van der Waals surface area (Å²) >= 11 is 0. The number of carbonyl (C=O) groups is 3. The summed E-state index contributed by atoms with van der Waals surface area (Å²) in [5, 5.41) is 9.82. The Morgan fingerprint density at radius 3 is 2.37 bits per heavy atom. The van der Waals surface area contributed by atoms with E-state index < -0.39 is 17.9 Å². The standard InChI is InChI=1S/C21H26N2O7/c1-13-6-8-22(9-7-13)17-5-4-14(10-15(17)19(24)25)23-12-30-11-16(20(26)28-2)18(23)21(27)29-3/h4-5,10,13H,6-9,11-12H2,1-3H3,(H,24,25). The third-order valence-corrected chi connectivity index (χ3v) is 5.48. The van der Waals surface area contributed by atoms with E-state index in [1.54, 1.807) is 12.1 Å². The summed E-state index contributed by atoms with van der Waals surface area (Å²) in [4.78, 5) is 40.1. The summed E-state index contributed by atoms with van der Waals surface area (Å²) in [5.41, 5.74) is 1.15. The molecule has 0 radical (unpaired) electrons. The monoisotopic (exact) mass is 418 g/mol. The molecule has 2 aliphatic heterocycles. The van der Waals surface area contributed by atoms with E-state index in [9.17, 15) is 19.5 Å². The number of methoxy groups -OCH3 is 2. The SMILES string of the molecule is COC(=O)C1=C(C(=O)OC)N(c2ccc(N3CCC(C)CC3)c(C(=O)O)c2)COC1. The fourth-order valence-electron chi connectivity index (χ4n) is 3.74. The van der Waals surface area contributed by atoms with E-state index in [1.807, 2.05) is 0 Å². The van der Waals surface area contributed by atoms with Gasteiger partial charge < -0.3 is 29.1 Å². The number of piperidine rings is 1. The van der Waals surface area contributed by atoms with Crippen LogP contribution in [0.5, 0.6) is 0 Å². The molecule has 9 heteroatoms. The number of aromatic carboxylic acids is 1. The molecule has 0 bridgehead atoms. The zero-order chi connectivity index (χ0) is 21.8. The molecule has 1 aromatic carbocycles. The summed E-state index contributed by atoms with van der Waals surface area (Å²) in [7, 11) is 2.42. The molecule has 0 aromatic heterocycles. The lowest BCUT2D eigenvalue weighted by Gasteiger charge is -2.34. The highest BCUT2D eigenvalue weighted by Gasteiger charge is 2.33. The van der Waals surface area contributed by atoms with Crippen LogP contribution in [0, 0.1) is 5.92 Å². The second-order valence-electron chi connectivity index (χ2n) is 7.39. The minimum atomic E-state index is -1.07. The van der Waals surface area contributed by atoms with Gasteiger partial charge in [0.05, 0.1) is 37.7 Å². The molecule has 9 nitrogen and oxygen atoms in total. The van der Waals surface area contributed by atoms with Crippen LogP contribution in [-0.2, 0) is 23.8 Å². The van der Waals surface area contributed by atoms with Crippen LogP contribution in [0.1, 0.15) is 30.1 Å². The van der Waals surface area contributed by atoms with Crippen molar-refractivity contribution in [2.24, 2.45) is 5.92 Å². The Hall–Kier alpha value is -3.07. The van der Waals surface area contributed by atoms with Crippen molar-refractivity contribution in [1.82, 2.24) is 0 Å². The van der Waals surface area contributed by atoms with Crippen molar-refractivity contribution < 1.29 is 33.7 Å². The first kappa shape index (κ1) is 21.6. The average Bonchev–Trinajstić information content (AvgIpc) is 2.77. The molecule has 0 saturated carbocycles. The van der Waals surface area contributed by atoms with Crippen LogP contribution < -0.4 is 9.80 Å². The lowest BCUT2D eigenvalue weighted by Crippen LogP contribution is -2.39. The summed E-state index contributed by atoms with van der Waals surface area (Å²) in [6.07, 6.45) is 2.00. The largest absolute Gasteiger partial charge is 0.478 e. The topological polar surface area (TPSA) is 106 Å². The molecule has 162 valence electrons. The molecule has 1 fully saturated rings. The fraction of sp³-hybridized carbons (Fsp3) is 0.476. The lowest BCUT2D eigenvalue weighted by atomic mass is 9.98. The van der Waals surface area contributed by atoms with Crippen LogP contribution in [0.25, 0.3) is 0 Å². The molecule has 0 amide bonds. The number of carboxylic acids is 1. The molecule has 0 spiro atoms. The minimum Gasteiger partial charge on any atom is -0.478 e. The Kier molecular flexibility index (Phi) is 6.61. The Labute approximate surface area is 174 Å². The highest BCUT2D eigenvalue weighted by atomic mass is 16.5. The van der Waals surface area contributed by atoms with Crippen molar-refractivity contribution in [2.45, 2.75) is 19.8 Å². The third-order valence-electron chi connectivity index (χ3n) is 5.48. The van der Waals surface area contributed by atoms with E-state index in [0.29, 0.717) is 17.3 Å². The normalized spacial score (nSPS) is 17.7. The zero-order valence-corrected chi connectivity index (χ0v) is 17.3. The molecule has 3 rings (SSSR count). The van der Waals surface area contributed by atoms with Gasteiger partial charge in [-0.05, 0) is 37.0 Å². The quantitative estimate of drug-likeness (QED) is 0.719. The Morgan fingerprint density at radius 1 is 1.10 bits per heavy atom. The first-order chi connectivity index (χ1) is 14.4. The van der Waals surface area contributed by atoms with E-state index in [4.69, 9.17) is 14.2 Å². The van der Waals surface area contributed by atoms with Crippen LogP contribution >= 0.6 is 0 Å². The van der Waals surface area contributed by atoms with E-state index >= 15 is 0 Å². The summed E-state index contributed by atoms with van der Waals surface area (Å²) in [6, 6.07) is 4.94. The molecule has 1 saturated heterocycles. The number of rotatable bonds is 5. The van der Waals surface area contributed by atoms with Gasteiger partial charge in [-0.1, -0.05) is 6.92 Å². The van der Waals surface area contributed by atoms with Crippen molar-refractivity contribution >= 4 is 29.3 Å². The van der Waals surface area contributed by atoms with Crippen LogP contribution in [0.15, 0.2) is 29.5 Å². The minimum absolute atomic E-state index is 0.0153. The van der Waals surface area contributed by atoms with E-state index in [2.05, 4.69) is 11.8 Å². The molecule has 2 heterocycles. The molecule has 1 aromatic rings. The summed E-state index contributed by atoms with van der Waals surface area (Å²) in [5.74, 6) is -1.90. The van der Waals surface area contributed by atoms with Crippen molar-refractivity contribution in [1.29, 1.82) is 0 Å². The number of hydrogen-bond donors (Lipinski definition) is 1. The highest BCUT2D eigenvalue weighted by molar-refractivity contribution is 6.04. The van der Waals surface area contributed by atoms with Crippen LogP contribution in [0.4, 0.5) is 11.4 Å². The van der Waals surface area contributed by atoms with E-state index in [0.717, 1.165) is 25.9 Å². The van der Waals surface area contributed by atoms with Crippen LogP contribution in [0.2, 0.25) is 0 Å². The van der Waals surface area contributed by atoms with Gasteiger partial charge >= 0.3 is 17.9 Å². The Balaban J connectivity index is 2.03. The number of ether oxygens (including phenoxy) is 3. The molecule has 1 N–H and O–H groups in total. The Morgan fingerprint density at radius 2 is 1.77 bits per heavy atom. The molecule has 30 heavy (non-hydrogen) atoms. The predicted octanol–water partition coefficient (Wildman–Crippen LogP) is 2.02. The van der Waals surface area contributed by atoms with Gasteiger partial charge in [-0.15, -0.1) is 0 Å². The van der Waals surface area contributed by atoms with Crippen LogP contribution in [-0.4, -0.2) is 63.7 Å². The average molecular weight is 418 g/mol. The van der Waals surface area contributed by atoms with Gasteiger partial charge in [0.25, 0.3) is 0 Å². The smallest absolute Gasteiger partial charge is 0.355 e. The van der Waals surface area contributed by atoms with Crippen molar-refractivity contribution in [2.75, 3.05) is 50.4 Å². The van der Waals surface area contributed by atoms with Gasteiger partial charge in [0.1, 0.15) is 12.4 Å². The predicted molar refractivity (Wildman–Crippen MR) is 108 cm³/mol. The van der Waals surface area contributed by atoms with Gasteiger partial charge in [-0.2, -0.15) is 0 Å². The van der Waals surface area contributed by atoms with E-state index in [1.165, 1.54) is 25.2 Å². The molecule has 0 atom stereocenters. The number of carbonyl (C=O) groups excluding carboxylic acids is 2. The van der Waals surface area contributed by atoms with Gasteiger partial charge in [0.15, 0.2) is 0 Å². The molecular formula is C21H26N2O7. The highest BCUT2D eigenvalue weighted by Crippen LogP contribution is 2.33. The maximum Gasteiger partial charge on any atom is 0.355 e. The van der Waals surface area contributed by atoms with Gasteiger partial charge in [-0.25, -0.2) is 14.4 Å². The first-order valence-corrected chi connectivity index (χ1v) is 9.74. The second-order valence-corrected chi connectivity index (χ2v) is 7.39. The van der Waals surface area contributed by atoms with Gasteiger partial charge in [-0.3, -0.25) is 0 Å². The summed E-state index contributed by atoms with van der Waals surface area (Å²) in [6.45, 7) is 3.61. The number of anilines is 2. The van der Waals surface area contributed by atoms with Crippen molar-refractivity contribution in [3.63, 3.8) is 0 Å². The van der Waals surface area contributed by atoms with Crippen molar-refractivity contribution in [3.05, 3.63) is 35.0 Å². The maximum absolute atomic E-state index is 12.4. The van der Waals surface area contributed by atoms with Gasteiger partial charge in [0.2, 0.25) is 0 Å². The zero-order valence-electron chi connectivity index (χ0n) is 17.3. The molecule has 0 aliphatic carbocycles. The number of hydrogen-bond acceptors (Lipinski definition) is 8. The molecular weight excluding hydrogens is 392 g/mol. The number of carboxylic acid groups (broad SMARTS) is 1. The second kappa shape index (κ2) is 9.17. The maximum atomic E-state index is 12.4. The third kappa shape index (κ3) is 4.25. The fourth-order valence-corrected chi connectivity index (χ4v) is 3.74. The molecule has 2 aliphatic rings. The number of benzene rings is 1. The lowest BCUT2D eigenvalue weighted by molar-refractivity contribution is -0.140. The summed E-state index contributed by atoms with van der Waals surface area (Å²) < 4.78 is 15.1. The van der Waals surface area contributed by atoms with Gasteiger partial charge in [0, 0.05) is 18.8 Å². The van der Waals surface area contributed by atoms with Crippen LogP contribution in [0.3, 0.4) is 0 Å².